The van der Waals surface area contributed by atoms with Crippen LogP contribution in [0.1, 0.15) is 0 Å². The largest absolute Gasteiger partial charge is 0.436 e. The van der Waals surface area contributed by atoms with Gasteiger partial charge in [-0.25, -0.2) is 8.78 Å². The van der Waals surface area contributed by atoms with Gasteiger partial charge in [0.25, 0.3) is 6.17 Å². The molecular weight excluding hydrogens is 317 g/mol. The van der Waals surface area contributed by atoms with Crippen LogP contribution in [0.15, 0.2) is 9.70 Å². The van der Waals surface area contributed by atoms with Crippen molar-refractivity contribution in [1.29, 1.82) is 0 Å². The summed E-state index contributed by atoms with van der Waals surface area (Å²) in [5.74, 6) is -4.93. The summed E-state index contributed by atoms with van der Waals surface area (Å²) in [6, 6.07) is 0. The molecule has 1 heterocycles. The quantitative estimate of drug-likeness (QED) is 0.618. The molecule has 0 amide bonds. The monoisotopic (exact) mass is 318 g/mol. The molecule has 0 aliphatic carbocycles. The molecule has 1 aliphatic heterocycles. The summed E-state index contributed by atoms with van der Waals surface area (Å²) in [5, 5.41) is -1.34. The van der Waals surface area contributed by atoms with Crippen LogP contribution >= 0.6 is 27.5 Å². The first-order chi connectivity index (χ1) is 6.60. The predicted molar refractivity (Wildman–Crippen MR) is 42.6 cm³/mol. The minimum Gasteiger partial charge on any atom is -0.418 e. The normalized spacial score (nSPS) is 34.7. The van der Waals surface area contributed by atoms with Crippen LogP contribution in [-0.4, -0.2) is 24.4 Å². The van der Waals surface area contributed by atoms with E-state index < -0.39 is 34.1 Å². The molecule has 15 heavy (non-hydrogen) atoms. The SMILES string of the molecule is FC1C(Br)=C(Cl)OC(F)(F)C(F)C1(F)F. The molecule has 0 aromatic rings. The number of allylic oxidation sites excluding steroid dienone is 1. The number of ether oxygens (including phenoxy) is 1. The van der Waals surface area contributed by atoms with Crippen molar-refractivity contribution < 1.29 is 31.1 Å². The fourth-order valence-corrected chi connectivity index (χ4v) is 1.43. The maximum atomic E-state index is 12.9. The average Bonchev–Trinajstić information content (AvgIpc) is 2.14. The van der Waals surface area contributed by atoms with Crippen LogP contribution in [-0.2, 0) is 4.74 Å². The Hall–Kier alpha value is -0.110. The summed E-state index contributed by atoms with van der Waals surface area (Å²) in [6.07, 6.45) is -12.3. The van der Waals surface area contributed by atoms with E-state index >= 15 is 0 Å². The van der Waals surface area contributed by atoms with E-state index in [4.69, 9.17) is 11.6 Å². The average molecular weight is 319 g/mol. The van der Waals surface area contributed by atoms with Gasteiger partial charge in [0.1, 0.15) is 0 Å². The molecule has 0 spiro atoms. The zero-order chi connectivity index (χ0) is 12.0. The van der Waals surface area contributed by atoms with E-state index in [9.17, 15) is 26.3 Å². The topological polar surface area (TPSA) is 9.23 Å². The van der Waals surface area contributed by atoms with Gasteiger partial charge in [-0.05, 0) is 27.5 Å². The molecule has 88 valence electrons. The Morgan fingerprint density at radius 3 is 2.13 bits per heavy atom. The highest BCUT2D eigenvalue weighted by Gasteiger charge is 2.65. The molecule has 0 aromatic carbocycles. The molecule has 1 rings (SSSR count). The summed E-state index contributed by atoms with van der Waals surface area (Å²) in [5.41, 5.74) is 0. The van der Waals surface area contributed by atoms with Gasteiger partial charge in [-0.3, -0.25) is 0 Å². The van der Waals surface area contributed by atoms with Gasteiger partial charge in [0, 0.05) is 0 Å². The van der Waals surface area contributed by atoms with Gasteiger partial charge >= 0.3 is 12.0 Å². The third kappa shape index (κ3) is 2.06. The third-order valence-electron chi connectivity index (χ3n) is 1.61. The Kier molecular flexibility index (Phi) is 3.22. The lowest BCUT2D eigenvalue weighted by Gasteiger charge is -2.24. The lowest BCUT2D eigenvalue weighted by atomic mass is 10.1. The number of hydrogen-bond donors (Lipinski definition) is 0. The van der Waals surface area contributed by atoms with Gasteiger partial charge in [0.2, 0.25) is 11.4 Å². The molecule has 0 saturated carbocycles. The highest BCUT2D eigenvalue weighted by molar-refractivity contribution is 9.11. The highest BCUT2D eigenvalue weighted by Crippen LogP contribution is 2.47. The molecule has 0 N–H and O–H groups in total. The van der Waals surface area contributed by atoms with E-state index in [1.54, 1.807) is 0 Å². The number of halogens is 8. The lowest BCUT2D eigenvalue weighted by molar-refractivity contribution is -0.292. The molecule has 0 radical (unpaired) electrons. The second kappa shape index (κ2) is 3.73. The van der Waals surface area contributed by atoms with Crippen LogP contribution in [0.25, 0.3) is 0 Å². The molecule has 1 nitrogen and oxygen atoms in total. The maximum absolute atomic E-state index is 12.9. The van der Waals surface area contributed by atoms with E-state index in [0.29, 0.717) is 0 Å². The van der Waals surface area contributed by atoms with Gasteiger partial charge in [-0.2, -0.15) is 17.6 Å². The van der Waals surface area contributed by atoms with Crippen LogP contribution in [0.2, 0.25) is 0 Å². The zero-order valence-electron chi connectivity index (χ0n) is 6.59. The predicted octanol–water partition coefficient (Wildman–Crippen LogP) is 3.72. The molecule has 9 heteroatoms. The van der Waals surface area contributed by atoms with Gasteiger partial charge in [-0.1, -0.05) is 0 Å². The zero-order valence-corrected chi connectivity index (χ0v) is 8.93. The van der Waals surface area contributed by atoms with Gasteiger partial charge in [0.05, 0.1) is 4.48 Å². The van der Waals surface area contributed by atoms with Crippen molar-refractivity contribution in [2.24, 2.45) is 0 Å². The van der Waals surface area contributed by atoms with Crippen molar-refractivity contribution in [3.05, 3.63) is 9.70 Å². The minimum absolute atomic E-state index is 1.16. The molecule has 0 saturated heterocycles. The fourth-order valence-electron chi connectivity index (χ4n) is 0.841. The summed E-state index contributed by atoms with van der Waals surface area (Å²) in [4.78, 5) is 0. The van der Waals surface area contributed by atoms with Crippen LogP contribution in [0.3, 0.4) is 0 Å². The van der Waals surface area contributed by atoms with Crippen LogP contribution < -0.4 is 0 Å². The molecule has 0 aromatic heterocycles. The molecule has 2 atom stereocenters. The highest BCUT2D eigenvalue weighted by atomic mass is 79.9. The second-order valence-electron chi connectivity index (χ2n) is 2.69. The van der Waals surface area contributed by atoms with Crippen molar-refractivity contribution in [3.8, 4) is 0 Å². The Labute approximate surface area is 93.1 Å². The van der Waals surface area contributed by atoms with Crippen molar-refractivity contribution in [3.63, 3.8) is 0 Å². The smallest absolute Gasteiger partial charge is 0.418 e. The Balaban J connectivity index is 3.25. The number of alkyl halides is 6. The van der Waals surface area contributed by atoms with E-state index in [-0.39, 0.29) is 0 Å². The van der Waals surface area contributed by atoms with Crippen LogP contribution in [0, 0.1) is 0 Å². The molecule has 1 aliphatic rings. The fraction of sp³-hybridized carbons (Fsp3) is 0.667. The van der Waals surface area contributed by atoms with E-state index in [2.05, 4.69) is 20.7 Å². The summed E-state index contributed by atoms with van der Waals surface area (Å²) >= 11 is 7.13. The molecule has 2 unspecified atom stereocenters. The van der Waals surface area contributed by atoms with Crippen molar-refractivity contribution >= 4 is 27.5 Å². The second-order valence-corrected chi connectivity index (χ2v) is 3.88. The van der Waals surface area contributed by atoms with E-state index in [0.717, 1.165) is 0 Å². The number of hydrogen-bond acceptors (Lipinski definition) is 1. The first-order valence-corrected chi connectivity index (χ1v) is 4.55. The minimum atomic E-state index is -4.93. The van der Waals surface area contributed by atoms with Crippen molar-refractivity contribution in [1.82, 2.24) is 0 Å². The van der Waals surface area contributed by atoms with Crippen molar-refractivity contribution in [2.45, 2.75) is 24.4 Å². The maximum Gasteiger partial charge on any atom is 0.436 e. The summed E-state index contributed by atoms with van der Waals surface area (Å²) in [7, 11) is 0. The Morgan fingerprint density at radius 2 is 1.67 bits per heavy atom. The standard InChI is InChI=1S/C6H2BrClF6O/c7-1-2(9)5(11,12)4(10)6(13,14)15-3(1)8/h2,4H. The first-order valence-electron chi connectivity index (χ1n) is 3.38. The lowest BCUT2D eigenvalue weighted by Crippen LogP contribution is -2.48. The first kappa shape index (κ1) is 13.0. The van der Waals surface area contributed by atoms with Gasteiger partial charge in [-0.15, -0.1) is 0 Å². The summed E-state index contributed by atoms with van der Waals surface area (Å²) < 4.78 is 78.3. The number of rotatable bonds is 0. The summed E-state index contributed by atoms with van der Waals surface area (Å²) in [6.45, 7) is 0. The Morgan fingerprint density at radius 1 is 1.20 bits per heavy atom. The molecular formula is C6H2BrClF6O. The van der Waals surface area contributed by atoms with Crippen LogP contribution in [0.4, 0.5) is 26.3 Å². The van der Waals surface area contributed by atoms with Gasteiger partial charge in [0.15, 0.2) is 0 Å². The van der Waals surface area contributed by atoms with E-state index in [1.165, 1.54) is 0 Å². The molecule has 0 fully saturated rings. The molecule has 0 bridgehead atoms. The Bertz CT molecular complexity index is 306. The third-order valence-corrected chi connectivity index (χ3v) is 2.88. The van der Waals surface area contributed by atoms with Crippen LogP contribution in [0.5, 0.6) is 0 Å². The van der Waals surface area contributed by atoms with Crippen molar-refractivity contribution in [2.75, 3.05) is 0 Å². The van der Waals surface area contributed by atoms with E-state index in [1.807, 2.05) is 0 Å². The van der Waals surface area contributed by atoms with Gasteiger partial charge < -0.3 is 4.74 Å².